The van der Waals surface area contributed by atoms with Gasteiger partial charge in [-0.1, -0.05) is 6.92 Å². The predicted octanol–water partition coefficient (Wildman–Crippen LogP) is 1.73. The van der Waals surface area contributed by atoms with E-state index in [0.29, 0.717) is 12.5 Å². The molecule has 0 aromatic heterocycles. The molecule has 104 valence electrons. The Morgan fingerprint density at radius 3 is 2.56 bits per heavy atom. The summed E-state index contributed by atoms with van der Waals surface area (Å²) in [5, 5.41) is 3.39. The Morgan fingerprint density at radius 1 is 1.33 bits per heavy atom. The molecule has 0 amide bonds. The summed E-state index contributed by atoms with van der Waals surface area (Å²) < 4.78 is 10.8. The van der Waals surface area contributed by atoms with E-state index in [4.69, 9.17) is 9.47 Å². The van der Waals surface area contributed by atoms with Crippen molar-refractivity contribution >= 4 is 5.97 Å². The van der Waals surface area contributed by atoms with Crippen LogP contribution in [0, 0.1) is 11.8 Å². The summed E-state index contributed by atoms with van der Waals surface area (Å²) in [5.41, 5.74) is -0.598. The molecule has 2 saturated carbocycles. The van der Waals surface area contributed by atoms with Crippen LogP contribution in [-0.4, -0.2) is 38.4 Å². The molecule has 0 bridgehead atoms. The number of nitrogens with one attached hydrogen (secondary N) is 1. The predicted molar refractivity (Wildman–Crippen MR) is 69.3 cm³/mol. The molecule has 2 aliphatic carbocycles. The third-order valence-corrected chi connectivity index (χ3v) is 3.89. The van der Waals surface area contributed by atoms with Gasteiger partial charge < -0.3 is 9.47 Å². The van der Waals surface area contributed by atoms with Crippen LogP contribution in [0.1, 0.15) is 39.0 Å². The molecular formula is C14H25NO3. The van der Waals surface area contributed by atoms with E-state index in [9.17, 15) is 4.79 Å². The van der Waals surface area contributed by atoms with Crippen LogP contribution < -0.4 is 5.32 Å². The van der Waals surface area contributed by atoms with Crippen LogP contribution in [0.2, 0.25) is 0 Å². The van der Waals surface area contributed by atoms with Crippen LogP contribution >= 0.6 is 0 Å². The van der Waals surface area contributed by atoms with Gasteiger partial charge in [-0.25, -0.2) is 4.79 Å². The first-order chi connectivity index (χ1) is 8.73. The fourth-order valence-electron chi connectivity index (χ4n) is 2.39. The lowest BCUT2D eigenvalue weighted by Gasteiger charge is -2.32. The topological polar surface area (TPSA) is 47.6 Å². The van der Waals surface area contributed by atoms with Gasteiger partial charge in [0.2, 0.25) is 0 Å². The van der Waals surface area contributed by atoms with E-state index < -0.39 is 5.54 Å². The molecule has 1 atom stereocenters. The van der Waals surface area contributed by atoms with Crippen LogP contribution in [0.4, 0.5) is 0 Å². The quantitative estimate of drug-likeness (QED) is 0.637. The molecule has 0 aromatic carbocycles. The Labute approximate surface area is 109 Å². The SMILES string of the molecule is CCCNC(COCC1CC1)(C(=O)OC)C1CC1. The highest BCUT2D eigenvalue weighted by atomic mass is 16.5. The smallest absolute Gasteiger partial charge is 0.328 e. The Balaban J connectivity index is 1.94. The minimum absolute atomic E-state index is 0.158. The molecule has 0 aromatic rings. The van der Waals surface area contributed by atoms with E-state index in [1.165, 1.54) is 20.0 Å². The van der Waals surface area contributed by atoms with Gasteiger partial charge in [0, 0.05) is 6.61 Å². The molecule has 2 rings (SSSR count). The normalized spacial score (nSPS) is 22.6. The maximum absolute atomic E-state index is 12.1. The van der Waals surface area contributed by atoms with Gasteiger partial charge >= 0.3 is 5.97 Å². The Bertz CT molecular complexity index is 287. The van der Waals surface area contributed by atoms with Gasteiger partial charge in [-0.2, -0.15) is 0 Å². The molecule has 1 unspecified atom stereocenters. The van der Waals surface area contributed by atoms with Crippen LogP contribution in [-0.2, 0) is 14.3 Å². The number of rotatable bonds is 9. The summed E-state index contributed by atoms with van der Waals surface area (Å²) in [4.78, 5) is 12.1. The van der Waals surface area contributed by atoms with Crippen LogP contribution in [0.3, 0.4) is 0 Å². The minimum atomic E-state index is -0.598. The lowest BCUT2D eigenvalue weighted by atomic mass is 9.94. The van der Waals surface area contributed by atoms with Crippen molar-refractivity contribution in [2.45, 2.75) is 44.6 Å². The van der Waals surface area contributed by atoms with Crippen molar-refractivity contribution in [1.29, 1.82) is 0 Å². The molecule has 2 fully saturated rings. The van der Waals surface area contributed by atoms with E-state index in [0.717, 1.165) is 38.3 Å². The van der Waals surface area contributed by atoms with E-state index >= 15 is 0 Å². The zero-order chi connectivity index (χ0) is 13.0. The Hall–Kier alpha value is -0.610. The molecule has 0 radical (unpaired) electrons. The van der Waals surface area contributed by atoms with Crippen molar-refractivity contribution < 1.29 is 14.3 Å². The maximum atomic E-state index is 12.1. The van der Waals surface area contributed by atoms with Crippen molar-refractivity contribution in [1.82, 2.24) is 5.32 Å². The van der Waals surface area contributed by atoms with E-state index in [-0.39, 0.29) is 5.97 Å². The van der Waals surface area contributed by atoms with Gasteiger partial charge in [0.25, 0.3) is 0 Å². The van der Waals surface area contributed by atoms with Crippen LogP contribution in [0.5, 0.6) is 0 Å². The number of hydrogen-bond donors (Lipinski definition) is 1. The standard InChI is InChI=1S/C14H25NO3/c1-3-8-15-14(12-6-7-12,13(16)17-2)10-18-9-11-4-5-11/h11-12,15H,3-10H2,1-2H3. The summed E-state index contributed by atoms with van der Waals surface area (Å²) in [5.74, 6) is 0.954. The average Bonchev–Trinajstić information content (AvgIpc) is 3.24. The molecule has 0 spiro atoms. The molecule has 0 heterocycles. The number of hydrogen-bond acceptors (Lipinski definition) is 4. The Morgan fingerprint density at radius 2 is 2.06 bits per heavy atom. The number of carbonyl (C=O) groups excluding carboxylic acids is 1. The first-order valence-electron chi connectivity index (χ1n) is 7.14. The van der Waals surface area contributed by atoms with E-state index in [2.05, 4.69) is 12.2 Å². The van der Waals surface area contributed by atoms with Gasteiger partial charge in [-0.05, 0) is 50.5 Å². The average molecular weight is 255 g/mol. The largest absolute Gasteiger partial charge is 0.468 e. The molecule has 1 N–H and O–H groups in total. The zero-order valence-electron chi connectivity index (χ0n) is 11.5. The summed E-state index contributed by atoms with van der Waals surface area (Å²) >= 11 is 0. The second-order valence-electron chi connectivity index (χ2n) is 5.62. The number of methoxy groups -OCH3 is 1. The maximum Gasteiger partial charge on any atom is 0.328 e. The lowest BCUT2D eigenvalue weighted by molar-refractivity contribution is -0.153. The van der Waals surface area contributed by atoms with Gasteiger partial charge in [-0.15, -0.1) is 0 Å². The Kier molecular flexibility index (Phi) is 4.62. The summed E-state index contributed by atoms with van der Waals surface area (Å²) in [6.45, 7) is 4.19. The van der Waals surface area contributed by atoms with Crippen molar-refractivity contribution in [3.8, 4) is 0 Å². The van der Waals surface area contributed by atoms with Crippen molar-refractivity contribution in [3.05, 3.63) is 0 Å². The highest BCUT2D eigenvalue weighted by molar-refractivity contribution is 5.82. The molecule has 2 aliphatic rings. The zero-order valence-corrected chi connectivity index (χ0v) is 11.5. The summed E-state index contributed by atoms with van der Waals surface area (Å²) in [7, 11) is 1.47. The van der Waals surface area contributed by atoms with Crippen molar-refractivity contribution in [3.63, 3.8) is 0 Å². The van der Waals surface area contributed by atoms with Crippen molar-refractivity contribution in [2.24, 2.45) is 11.8 Å². The van der Waals surface area contributed by atoms with Crippen LogP contribution in [0.25, 0.3) is 0 Å². The molecule has 18 heavy (non-hydrogen) atoms. The highest BCUT2D eigenvalue weighted by Gasteiger charge is 2.52. The highest BCUT2D eigenvalue weighted by Crippen LogP contribution is 2.41. The summed E-state index contributed by atoms with van der Waals surface area (Å²) in [6.07, 6.45) is 5.75. The van der Waals surface area contributed by atoms with Gasteiger partial charge in [0.05, 0.1) is 13.7 Å². The van der Waals surface area contributed by atoms with Crippen LogP contribution in [0.15, 0.2) is 0 Å². The van der Waals surface area contributed by atoms with Crippen molar-refractivity contribution in [2.75, 3.05) is 26.9 Å². The number of carbonyl (C=O) groups is 1. The first-order valence-corrected chi connectivity index (χ1v) is 7.14. The first kappa shape index (κ1) is 13.8. The monoisotopic (exact) mass is 255 g/mol. The number of esters is 1. The fraction of sp³-hybridized carbons (Fsp3) is 0.929. The molecule has 4 nitrogen and oxygen atoms in total. The third kappa shape index (κ3) is 3.23. The van der Waals surface area contributed by atoms with Gasteiger partial charge in [0.15, 0.2) is 0 Å². The van der Waals surface area contributed by atoms with Gasteiger partial charge in [-0.3, -0.25) is 5.32 Å². The van der Waals surface area contributed by atoms with E-state index in [1.807, 2.05) is 0 Å². The molecule has 0 aliphatic heterocycles. The van der Waals surface area contributed by atoms with E-state index in [1.54, 1.807) is 0 Å². The fourth-order valence-corrected chi connectivity index (χ4v) is 2.39. The molecule has 4 heteroatoms. The third-order valence-electron chi connectivity index (χ3n) is 3.89. The summed E-state index contributed by atoms with van der Waals surface area (Å²) in [6, 6.07) is 0. The van der Waals surface area contributed by atoms with Gasteiger partial charge in [0.1, 0.15) is 5.54 Å². The lowest BCUT2D eigenvalue weighted by Crippen LogP contribution is -2.58. The second kappa shape index (κ2) is 6.02. The minimum Gasteiger partial charge on any atom is -0.468 e. The molecular weight excluding hydrogens is 230 g/mol. The second-order valence-corrected chi connectivity index (χ2v) is 5.62. The number of ether oxygens (including phenoxy) is 2. The molecule has 0 saturated heterocycles.